The van der Waals surface area contributed by atoms with Crippen molar-refractivity contribution in [2.45, 2.75) is 38.8 Å². The zero-order valence-electron chi connectivity index (χ0n) is 9.56. The highest BCUT2D eigenvalue weighted by atomic mass is 32.2. The molecule has 0 radical (unpaired) electrons. The summed E-state index contributed by atoms with van der Waals surface area (Å²) in [5.74, 6) is 1.71. The highest BCUT2D eigenvalue weighted by Crippen LogP contribution is 2.28. The van der Waals surface area contributed by atoms with Gasteiger partial charge in [-0.25, -0.2) is 0 Å². The Kier molecular flexibility index (Phi) is 3.48. The standard InChI is InChI=1S/C10H16N4OS/c1-3-10(4-2)6-16-9(13-10)11-5-8-12-7-15-14-8/h7H,3-6H2,1-2H3,(H,11,13). The van der Waals surface area contributed by atoms with Crippen LogP contribution in [0.5, 0.6) is 0 Å². The molecule has 16 heavy (non-hydrogen) atoms. The molecule has 2 heterocycles. The van der Waals surface area contributed by atoms with Crippen LogP contribution in [0.15, 0.2) is 15.9 Å². The van der Waals surface area contributed by atoms with Crippen molar-refractivity contribution in [3.8, 4) is 0 Å². The van der Waals surface area contributed by atoms with Crippen LogP contribution in [0.4, 0.5) is 0 Å². The number of aromatic nitrogens is 2. The summed E-state index contributed by atoms with van der Waals surface area (Å²) in [6.45, 7) is 4.90. The topological polar surface area (TPSA) is 63.3 Å². The molecule has 6 heteroatoms. The van der Waals surface area contributed by atoms with Gasteiger partial charge < -0.3 is 9.84 Å². The van der Waals surface area contributed by atoms with Crippen molar-refractivity contribution in [1.29, 1.82) is 0 Å². The Morgan fingerprint density at radius 2 is 2.38 bits per heavy atom. The van der Waals surface area contributed by atoms with Crippen LogP contribution in [0.25, 0.3) is 0 Å². The van der Waals surface area contributed by atoms with E-state index in [-0.39, 0.29) is 5.54 Å². The van der Waals surface area contributed by atoms with E-state index >= 15 is 0 Å². The molecule has 0 atom stereocenters. The van der Waals surface area contributed by atoms with Crippen LogP contribution >= 0.6 is 11.8 Å². The molecule has 0 unspecified atom stereocenters. The summed E-state index contributed by atoms with van der Waals surface area (Å²) in [4.78, 5) is 8.37. The first kappa shape index (κ1) is 11.4. The fraction of sp³-hybridized carbons (Fsp3) is 0.700. The van der Waals surface area contributed by atoms with Gasteiger partial charge in [-0.3, -0.25) is 4.99 Å². The zero-order valence-corrected chi connectivity index (χ0v) is 10.4. The van der Waals surface area contributed by atoms with E-state index < -0.39 is 0 Å². The van der Waals surface area contributed by atoms with Gasteiger partial charge in [-0.05, 0) is 12.8 Å². The summed E-state index contributed by atoms with van der Waals surface area (Å²) >= 11 is 1.77. The van der Waals surface area contributed by atoms with E-state index in [1.165, 1.54) is 6.39 Å². The van der Waals surface area contributed by atoms with Crippen molar-refractivity contribution >= 4 is 16.9 Å². The molecule has 1 aliphatic heterocycles. The Labute approximate surface area is 99.1 Å². The Morgan fingerprint density at radius 3 is 2.94 bits per heavy atom. The average molecular weight is 240 g/mol. The summed E-state index contributed by atoms with van der Waals surface area (Å²) in [7, 11) is 0. The molecule has 0 amide bonds. The minimum absolute atomic E-state index is 0.223. The number of thioether (sulfide) groups is 1. The van der Waals surface area contributed by atoms with Crippen molar-refractivity contribution < 1.29 is 4.52 Å². The van der Waals surface area contributed by atoms with Crippen molar-refractivity contribution in [2.24, 2.45) is 4.99 Å². The van der Waals surface area contributed by atoms with Crippen LogP contribution < -0.4 is 5.32 Å². The predicted octanol–water partition coefficient (Wildman–Crippen LogP) is 1.82. The van der Waals surface area contributed by atoms with Crippen molar-refractivity contribution in [3.63, 3.8) is 0 Å². The van der Waals surface area contributed by atoms with Crippen molar-refractivity contribution in [1.82, 2.24) is 15.5 Å². The lowest BCUT2D eigenvalue weighted by molar-refractivity contribution is 0.406. The largest absolute Gasteiger partial charge is 0.359 e. The van der Waals surface area contributed by atoms with Crippen LogP contribution in [-0.2, 0) is 6.54 Å². The minimum atomic E-state index is 0.223. The third kappa shape index (κ3) is 2.37. The van der Waals surface area contributed by atoms with Crippen LogP contribution in [0.3, 0.4) is 0 Å². The fourth-order valence-corrected chi connectivity index (χ4v) is 2.96. The highest BCUT2D eigenvalue weighted by molar-refractivity contribution is 8.14. The smallest absolute Gasteiger partial charge is 0.213 e. The molecule has 5 nitrogen and oxygen atoms in total. The van der Waals surface area contributed by atoms with Gasteiger partial charge in [-0.1, -0.05) is 30.8 Å². The number of aliphatic imine (C=N–C) groups is 1. The molecule has 1 aromatic heterocycles. The molecule has 1 aromatic rings. The zero-order chi connectivity index (χ0) is 11.4. The molecular weight excluding hydrogens is 224 g/mol. The molecule has 0 aliphatic carbocycles. The Balaban J connectivity index is 1.95. The molecule has 1 fully saturated rings. The second kappa shape index (κ2) is 4.86. The maximum atomic E-state index is 4.66. The van der Waals surface area contributed by atoms with Crippen molar-refractivity contribution in [3.05, 3.63) is 12.2 Å². The van der Waals surface area contributed by atoms with Crippen molar-refractivity contribution in [2.75, 3.05) is 5.75 Å². The summed E-state index contributed by atoms with van der Waals surface area (Å²) < 4.78 is 4.66. The number of nitrogens with zero attached hydrogens (tertiary/aromatic N) is 3. The minimum Gasteiger partial charge on any atom is -0.359 e. The number of hydrogen-bond donors (Lipinski definition) is 1. The van der Waals surface area contributed by atoms with Crippen LogP contribution in [-0.4, -0.2) is 26.6 Å². The van der Waals surface area contributed by atoms with E-state index in [0.29, 0.717) is 12.4 Å². The Morgan fingerprint density at radius 1 is 1.56 bits per heavy atom. The normalized spacial score (nSPS) is 21.2. The monoisotopic (exact) mass is 240 g/mol. The first-order valence-corrected chi connectivity index (χ1v) is 6.47. The highest BCUT2D eigenvalue weighted by Gasteiger charge is 2.33. The van der Waals surface area contributed by atoms with E-state index in [9.17, 15) is 0 Å². The number of nitrogens with one attached hydrogen (secondary N) is 1. The first-order chi connectivity index (χ1) is 7.78. The maximum Gasteiger partial charge on any atom is 0.213 e. The lowest BCUT2D eigenvalue weighted by atomic mass is 9.96. The van der Waals surface area contributed by atoms with Gasteiger partial charge in [0.1, 0.15) is 6.54 Å². The molecule has 0 spiro atoms. The number of hydrogen-bond acceptors (Lipinski definition) is 5. The average Bonchev–Trinajstić information content (AvgIpc) is 2.96. The Bertz CT molecular complexity index is 359. The molecule has 0 bridgehead atoms. The summed E-state index contributed by atoms with van der Waals surface area (Å²) in [5, 5.41) is 8.21. The summed E-state index contributed by atoms with van der Waals surface area (Å²) in [6, 6.07) is 0. The Hall–Kier alpha value is -1.04. The molecule has 2 rings (SSSR count). The number of rotatable bonds is 4. The molecule has 1 aliphatic rings. The second-order valence-corrected chi connectivity index (χ2v) is 4.83. The summed E-state index contributed by atoms with van der Waals surface area (Å²) in [6.07, 6.45) is 3.57. The third-order valence-electron chi connectivity index (χ3n) is 2.98. The molecule has 1 N–H and O–H groups in total. The maximum absolute atomic E-state index is 4.66. The van der Waals surface area contributed by atoms with E-state index in [1.807, 2.05) is 0 Å². The number of amidine groups is 1. The van der Waals surface area contributed by atoms with Gasteiger partial charge >= 0.3 is 0 Å². The molecule has 1 saturated heterocycles. The molecular formula is C10H16N4OS. The van der Waals surface area contributed by atoms with E-state index in [0.717, 1.165) is 23.8 Å². The quantitative estimate of drug-likeness (QED) is 0.869. The van der Waals surface area contributed by atoms with Gasteiger partial charge in [-0.15, -0.1) is 0 Å². The lowest BCUT2D eigenvalue weighted by Crippen LogP contribution is -2.42. The predicted molar refractivity (Wildman–Crippen MR) is 64.3 cm³/mol. The third-order valence-corrected chi connectivity index (χ3v) is 4.18. The summed E-state index contributed by atoms with van der Waals surface area (Å²) in [5.41, 5.74) is 0.223. The van der Waals surface area contributed by atoms with Gasteiger partial charge in [0.05, 0.1) is 0 Å². The lowest BCUT2D eigenvalue weighted by Gasteiger charge is -2.25. The second-order valence-electron chi connectivity index (χ2n) is 3.87. The van der Waals surface area contributed by atoms with Crippen LogP contribution in [0, 0.1) is 0 Å². The van der Waals surface area contributed by atoms with Gasteiger partial charge in [0.2, 0.25) is 6.39 Å². The first-order valence-electron chi connectivity index (χ1n) is 5.48. The molecule has 88 valence electrons. The van der Waals surface area contributed by atoms with E-state index in [4.69, 9.17) is 0 Å². The van der Waals surface area contributed by atoms with Gasteiger partial charge in [-0.2, -0.15) is 4.98 Å². The van der Waals surface area contributed by atoms with Gasteiger partial charge in [0, 0.05) is 11.3 Å². The van der Waals surface area contributed by atoms with Gasteiger partial charge in [0.25, 0.3) is 0 Å². The molecule has 0 saturated carbocycles. The van der Waals surface area contributed by atoms with E-state index in [2.05, 4.69) is 38.8 Å². The van der Waals surface area contributed by atoms with Crippen LogP contribution in [0.1, 0.15) is 32.5 Å². The SMILES string of the molecule is CCC1(CC)CSC(=NCc2ncon2)N1. The van der Waals surface area contributed by atoms with E-state index in [1.54, 1.807) is 11.8 Å². The fourth-order valence-electron chi connectivity index (χ4n) is 1.63. The molecule has 0 aromatic carbocycles. The van der Waals surface area contributed by atoms with Gasteiger partial charge in [0.15, 0.2) is 11.0 Å². The van der Waals surface area contributed by atoms with Crippen LogP contribution in [0.2, 0.25) is 0 Å².